The van der Waals surface area contributed by atoms with Crippen molar-refractivity contribution in [2.45, 2.75) is 19.4 Å². The molecule has 1 N–H and O–H groups in total. The first-order valence-corrected chi connectivity index (χ1v) is 4.87. The summed E-state index contributed by atoms with van der Waals surface area (Å²) in [7, 11) is 3.54. The molecule has 0 saturated carbocycles. The van der Waals surface area contributed by atoms with E-state index in [1.165, 1.54) is 0 Å². The summed E-state index contributed by atoms with van der Waals surface area (Å²) in [6.07, 6.45) is 0. The highest BCUT2D eigenvalue weighted by atomic mass is 16.4. The van der Waals surface area contributed by atoms with E-state index in [-0.39, 0.29) is 0 Å². The molecule has 1 aromatic rings. The van der Waals surface area contributed by atoms with Gasteiger partial charge in [-0.1, -0.05) is 29.8 Å². The average Bonchev–Trinajstić information content (AvgIpc) is 2.17. The molecule has 0 saturated heterocycles. The average molecular weight is 207 g/mol. The van der Waals surface area contributed by atoms with E-state index in [2.05, 4.69) is 0 Å². The van der Waals surface area contributed by atoms with Crippen LogP contribution in [-0.2, 0) is 10.3 Å². The molecule has 15 heavy (non-hydrogen) atoms. The second kappa shape index (κ2) is 4.03. The molecular weight excluding hydrogens is 190 g/mol. The van der Waals surface area contributed by atoms with Crippen molar-refractivity contribution in [3.63, 3.8) is 0 Å². The molecular formula is C12H17NO2. The number of carbonyl (C=O) groups is 1. The molecule has 0 aliphatic rings. The van der Waals surface area contributed by atoms with E-state index in [1.54, 1.807) is 25.9 Å². The zero-order chi connectivity index (χ0) is 11.6. The van der Waals surface area contributed by atoms with Crippen molar-refractivity contribution in [3.8, 4) is 0 Å². The number of aliphatic carboxylic acids is 1. The summed E-state index contributed by atoms with van der Waals surface area (Å²) in [5, 5.41) is 9.28. The Kier molecular flexibility index (Phi) is 3.15. The first-order chi connectivity index (χ1) is 6.89. The lowest BCUT2D eigenvalue weighted by Crippen LogP contribution is -2.45. The lowest BCUT2D eigenvalue weighted by Gasteiger charge is -2.32. The molecule has 82 valence electrons. The summed E-state index contributed by atoms with van der Waals surface area (Å²) < 4.78 is 0. The number of carboxylic acid groups (broad SMARTS) is 1. The summed E-state index contributed by atoms with van der Waals surface area (Å²) in [6.45, 7) is 3.69. The zero-order valence-electron chi connectivity index (χ0n) is 9.61. The molecule has 0 amide bonds. The van der Waals surface area contributed by atoms with Gasteiger partial charge in [-0.25, -0.2) is 4.79 Å². The Morgan fingerprint density at radius 3 is 2.07 bits per heavy atom. The van der Waals surface area contributed by atoms with Gasteiger partial charge in [0, 0.05) is 0 Å². The lowest BCUT2D eigenvalue weighted by molar-refractivity contribution is -0.149. The minimum Gasteiger partial charge on any atom is -0.480 e. The summed E-state index contributed by atoms with van der Waals surface area (Å²) in [6, 6.07) is 7.59. The van der Waals surface area contributed by atoms with E-state index in [1.807, 2.05) is 31.2 Å². The Morgan fingerprint density at radius 2 is 1.73 bits per heavy atom. The smallest absolute Gasteiger partial charge is 0.328 e. The molecule has 0 aliphatic carbocycles. The Hall–Kier alpha value is -1.35. The van der Waals surface area contributed by atoms with Gasteiger partial charge < -0.3 is 5.11 Å². The van der Waals surface area contributed by atoms with Crippen molar-refractivity contribution >= 4 is 5.97 Å². The molecule has 0 spiro atoms. The second-order valence-corrected chi connectivity index (χ2v) is 4.14. The molecule has 1 atom stereocenters. The van der Waals surface area contributed by atoms with Gasteiger partial charge in [0.05, 0.1) is 0 Å². The van der Waals surface area contributed by atoms with Crippen molar-refractivity contribution in [2.75, 3.05) is 14.1 Å². The highest BCUT2D eigenvalue weighted by molar-refractivity contribution is 5.80. The zero-order valence-corrected chi connectivity index (χ0v) is 9.61. The number of hydrogen-bond acceptors (Lipinski definition) is 2. The van der Waals surface area contributed by atoms with Crippen LogP contribution >= 0.6 is 0 Å². The van der Waals surface area contributed by atoms with Crippen LogP contribution < -0.4 is 0 Å². The number of aryl methyl sites for hydroxylation is 1. The normalized spacial score (nSPS) is 15.0. The molecule has 0 unspecified atom stereocenters. The van der Waals surface area contributed by atoms with Crippen LogP contribution in [0, 0.1) is 6.92 Å². The third kappa shape index (κ3) is 2.02. The molecule has 3 nitrogen and oxygen atoms in total. The van der Waals surface area contributed by atoms with Crippen molar-refractivity contribution in [1.82, 2.24) is 4.90 Å². The first-order valence-electron chi connectivity index (χ1n) is 4.87. The highest BCUT2D eigenvalue weighted by Gasteiger charge is 2.37. The van der Waals surface area contributed by atoms with E-state index in [9.17, 15) is 9.90 Å². The van der Waals surface area contributed by atoms with Crippen molar-refractivity contribution < 1.29 is 9.90 Å². The molecule has 0 heterocycles. The SMILES string of the molecule is Cc1ccc([C@](C)(C(=O)O)N(C)C)cc1. The van der Waals surface area contributed by atoms with Gasteiger partial charge in [0.1, 0.15) is 5.54 Å². The quantitative estimate of drug-likeness (QED) is 0.822. The Morgan fingerprint density at radius 1 is 1.27 bits per heavy atom. The number of rotatable bonds is 3. The van der Waals surface area contributed by atoms with Gasteiger partial charge in [-0.15, -0.1) is 0 Å². The van der Waals surface area contributed by atoms with E-state index in [0.29, 0.717) is 0 Å². The van der Waals surface area contributed by atoms with Gasteiger partial charge in [0.2, 0.25) is 0 Å². The standard InChI is InChI=1S/C12H17NO2/c1-9-5-7-10(8-6-9)12(2,11(14)15)13(3)4/h5-8H,1-4H3,(H,14,15)/t12-/m1/s1. The fraction of sp³-hybridized carbons (Fsp3) is 0.417. The maximum Gasteiger partial charge on any atom is 0.328 e. The first kappa shape index (κ1) is 11.7. The summed E-state index contributed by atoms with van der Waals surface area (Å²) >= 11 is 0. The number of nitrogens with zero attached hydrogens (tertiary/aromatic N) is 1. The van der Waals surface area contributed by atoms with Crippen LogP contribution in [0.2, 0.25) is 0 Å². The third-order valence-electron chi connectivity index (χ3n) is 2.92. The summed E-state index contributed by atoms with van der Waals surface area (Å²) in [4.78, 5) is 13.0. The molecule has 0 bridgehead atoms. The molecule has 1 rings (SSSR count). The van der Waals surface area contributed by atoms with E-state index in [0.717, 1.165) is 11.1 Å². The van der Waals surface area contributed by atoms with Crippen LogP contribution in [0.1, 0.15) is 18.1 Å². The van der Waals surface area contributed by atoms with Crippen LogP contribution in [0.3, 0.4) is 0 Å². The van der Waals surface area contributed by atoms with Crippen molar-refractivity contribution in [1.29, 1.82) is 0 Å². The number of hydrogen-bond donors (Lipinski definition) is 1. The minimum absolute atomic E-state index is 0.797. The topological polar surface area (TPSA) is 40.5 Å². The summed E-state index contributed by atoms with van der Waals surface area (Å²) in [5.41, 5.74) is 0.962. The van der Waals surface area contributed by atoms with Gasteiger partial charge >= 0.3 is 5.97 Å². The molecule has 0 aliphatic heterocycles. The fourth-order valence-electron chi connectivity index (χ4n) is 1.45. The van der Waals surface area contributed by atoms with Gasteiger partial charge in [-0.05, 0) is 33.5 Å². The monoisotopic (exact) mass is 207 g/mol. The van der Waals surface area contributed by atoms with Gasteiger partial charge in [0.15, 0.2) is 0 Å². The number of carboxylic acids is 1. The Bertz CT molecular complexity index is 356. The molecule has 3 heteroatoms. The number of benzene rings is 1. The number of likely N-dealkylation sites (N-methyl/N-ethyl adjacent to an activating group) is 1. The highest BCUT2D eigenvalue weighted by Crippen LogP contribution is 2.26. The Labute approximate surface area is 90.3 Å². The lowest BCUT2D eigenvalue weighted by atomic mass is 9.90. The predicted octanol–water partition coefficient (Wildman–Crippen LogP) is 1.86. The largest absolute Gasteiger partial charge is 0.480 e. The van der Waals surface area contributed by atoms with Gasteiger partial charge in [0.25, 0.3) is 0 Å². The summed E-state index contributed by atoms with van der Waals surface area (Å²) in [5.74, 6) is -0.837. The van der Waals surface area contributed by atoms with Crippen LogP contribution in [0.25, 0.3) is 0 Å². The van der Waals surface area contributed by atoms with Crippen molar-refractivity contribution in [3.05, 3.63) is 35.4 Å². The second-order valence-electron chi connectivity index (χ2n) is 4.14. The Balaban J connectivity index is 3.22. The predicted molar refractivity (Wildman–Crippen MR) is 59.9 cm³/mol. The minimum atomic E-state index is -0.965. The van der Waals surface area contributed by atoms with Crippen LogP contribution in [0.4, 0.5) is 0 Å². The molecule has 1 aromatic carbocycles. The molecule has 0 fully saturated rings. The van der Waals surface area contributed by atoms with Gasteiger partial charge in [-0.2, -0.15) is 0 Å². The van der Waals surface area contributed by atoms with E-state index in [4.69, 9.17) is 0 Å². The maximum absolute atomic E-state index is 11.3. The van der Waals surface area contributed by atoms with Crippen LogP contribution in [0.5, 0.6) is 0 Å². The molecule has 0 radical (unpaired) electrons. The van der Waals surface area contributed by atoms with E-state index < -0.39 is 11.5 Å². The van der Waals surface area contributed by atoms with Gasteiger partial charge in [-0.3, -0.25) is 4.90 Å². The molecule has 0 aromatic heterocycles. The van der Waals surface area contributed by atoms with Crippen LogP contribution in [0.15, 0.2) is 24.3 Å². The third-order valence-corrected chi connectivity index (χ3v) is 2.92. The van der Waals surface area contributed by atoms with E-state index >= 15 is 0 Å². The fourth-order valence-corrected chi connectivity index (χ4v) is 1.45. The van der Waals surface area contributed by atoms with Crippen LogP contribution in [-0.4, -0.2) is 30.1 Å². The van der Waals surface area contributed by atoms with Crippen molar-refractivity contribution in [2.24, 2.45) is 0 Å². The maximum atomic E-state index is 11.3.